The zero-order valence-corrected chi connectivity index (χ0v) is 14.5. The van der Waals surface area contributed by atoms with Gasteiger partial charge in [0, 0.05) is 19.2 Å². The standard InChI is InChI=1S/C17H21N7O/c1-12-8-16(23(3)22-12)21-17(25)9-19-13(2)14-4-6-15(7-5-14)24-11-18-10-20-24/h4-8,10-11,13,19H,9H2,1-3H3,(H,21,25). The van der Waals surface area contributed by atoms with E-state index in [9.17, 15) is 4.79 Å². The highest BCUT2D eigenvalue weighted by Gasteiger charge is 2.10. The van der Waals surface area contributed by atoms with E-state index in [4.69, 9.17) is 0 Å². The van der Waals surface area contributed by atoms with Gasteiger partial charge in [-0.05, 0) is 31.5 Å². The summed E-state index contributed by atoms with van der Waals surface area (Å²) in [7, 11) is 1.80. The Morgan fingerprint density at radius 1 is 1.28 bits per heavy atom. The first kappa shape index (κ1) is 16.8. The van der Waals surface area contributed by atoms with Crippen LogP contribution in [0.3, 0.4) is 0 Å². The second kappa shape index (κ2) is 7.27. The second-order valence-electron chi connectivity index (χ2n) is 5.88. The molecule has 2 N–H and O–H groups in total. The lowest BCUT2D eigenvalue weighted by molar-refractivity contribution is -0.115. The average Bonchev–Trinajstić information content (AvgIpc) is 3.23. The van der Waals surface area contributed by atoms with Gasteiger partial charge in [-0.3, -0.25) is 9.48 Å². The summed E-state index contributed by atoms with van der Waals surface area (Å²) in [6.45, 7) is 4.13. The molecule has 0 aliphatic heterocycles. The van der Waals surface area contributed by atoms with E-state index in [1.807, 2.05) is 44.2 Å². The topological polar surface area (TPSA) is 89.7 Å². The Labute approximate surface area is 145 Å². The highest BCUT2D eigenvalue weighted by molar-refractivity contribution is 5.91. The molecular weight excluding hydrogens is 318 g/mol. The normalized spacial score (nSPS) is 12.1. The first-order valence-electron chi connectivity index (χ1n) is 8.02. The molecule has 3 rings (SSSR count). The van der Waals surface area contributed by atoms with Crippen LogP contribution in [0.4, 0.5) is 5.82 Å². The first-order valence-corrected chi connectivity index (χ1v) is 8.02. The number of carbonyl (C=O) groups excluding carboxylic acids is 1. The number of aromatic nitrogens is 5. The number of anilines is 1. The fourth-order valence-electron chi connectivity index (χ4n) is 2.54. The third kappa shape index (κ3) is 4.10. The largest absolute Gasteiger partial charge is 0.310 e. The number of hydrogen-bond acceptors (Lipinski definition) is 5. The summed E-state index contributed by atoms with van der Waals surface area (Å²) in [6, 6.07) is 9.85. The van der Waals surface area contributed by atoms with E-state index in [1.54, 1.807) is 22.7 Å². The van der Waals surface area contributed by atoms with Gasteiger partial charge in [-0.1, -0.05) is 12.1 Å². The summed E-state index contributed by atoms with van der Waals surface area (Å²) in [5.41, 5.74) is 2.90. The monoisotopic (exact) mass is 339 g/mol. The molecule has 0 aliphatic carbocycles. The number of benzene rings is 1. The van der Waals surface area contributed by atoms with Crippen molar-refractivity contribution in [3.63, 3.8) is 0 Å². The Balaban J connectivity index is 1.54. The van der Waals surface area contributed by atoms with Crippen LogP contribution < -0.4 is 10.6 Å². The summed E-state index contributed by atoms with van der Waals surface area (Å²) in [6.07, 6.45) is 3.15. The molecule has 0 saturated carbocycles. The number of aryl methyl sites for hydroxylation is 2. The average molecular weight is 339 g/mol. The number of carbonyl (C=O) groups is 1. The van der Waals surface area contributed by atoms with Crippen LogP contribution >= 0.6 is 0 Å². The fourth-order valence-corrected chi connectivity index (χ4v) is 2.54. The molecule has 1 amide bonds. The molecule has 1 aromatic carbocycles. The molecule has 8 nitrogen and oxygen atoms in total. The molecule has 2 aromatic heterocycles. The molecule has 25 heavy (non-hydrogen) atoms. The van der Waals surface area contributed by atoms with Gasteiger partial charge < -0.3 is 10.6 Å². The summed E-state index contributed by atoms with van der Waals surface area (Å²) in [5, 5.41) is 14.4. The third-order valence-corrected chi connectivity index (χ3v) is 3.91. The van der Waals surface area contributed by atoms with Crippen LogP contribution in [-0.2, 0) is 11.8 Å². The van der Waals surface area contributed by atoms with E-state index in [0.29, 0.717) is 5.82 Å². The van der Waals surface area contributed by atoms with Gasteiger partial charge in [0.1, 0.15) is 18.5 Å². The van der Waals surface area contributed by atoms with Gasteiger partial charge in [-0.15, -0.1) is 0 Å². The molecule has 3 aromatic rings. The van der Waals surface area contributed by atoms with Crippen molar-refractivity contribution in [3.8, 4) is 5.69 Å². The zero-order chi connectivity index (χ0) is 17.8. The molecule has 8 heteroatoms. The predicted octanol–water partition coefficient (Wildman–Crippen LogP) is 1.60. The van der Waals surface area contributed by atoms with Gasteiger partial charge in [-0.2, -0.15) is 10.2 Å². The van der Waals surface area contributed by atoms with Crippen LogP contribution in [0, 0.1) is 6.92 Å². The maximum Gasteiger partial charge on any atom is 0.239 e. The Morgan fingerprint density at radius 2 is 2.04 bits per heavy atom. The Kier molecular flexibility index (Phi) is 4.90. The van der Waals surface area contributed by atoms with Crippen LogP contribution in [-0.4, -0.2) is 37.0 Å². The van der Waals surface area contributed by atoms with Crippen molar-refractivity contribution in [2.45, 2.75) is 19.9 Å². The molecule has 0 aliphatic rings. The molecule has 130 valence electrons. The van der Waals surface area contributed by atoms with Crippen LogP contribution in [0.25, 0.3) is 5.69 Å². The van der Waals surface area contributed by atoms with Gasteiger partial charge in [0.15, 0.2) is 0 Å². The fraction of sp³-hybridized carbons (Fsp3) is 0.294. The summed E-state index contributed by atoms with van der Waals surface area (Å²) in [4.78, 5) is 16.0. The van der Waals surface area contributed by atoms with Gasteiger partial charge in [0.05, 0.1) is 17.9 Å². The molecule has 0 saturated heterocycles. The quantitative estimate of drug-likeness (QED) is 0.712. The predicted molar refractivity (Wildman–Crippen MR) is 94.4 cm³/mol. The lowest BCUT2D eigenvalue weighted by atomic mass is 10.1. The number of nitrogens with one attached hydrogen (secondary N) is 2. The van der Waals surface area contributed by atoms with Crippen LogP contribution in [0.2, 0.25) is 0 Å². The van der Waals surface area contributed by atoms with Gasteiger partial charge in [-0.25, -0.2) is 9.67 Å². The number of rotatable bonds is 6. The Hall–Kier alpha value is -3.00. The minimum Gasteiger partial charge on any atom is -0.310 e. The maximum absolute atomic E-state index is 12.1. The lowest BCUT2D eigenvalue weighted by Gasteiger charge is -2.14. The van der Waals surface area contributed by atoms with Crippen LogP contribution in [0.5, 0.6) is 0 Å². The van der Waals surface area contributed by atoms with Crippen molar-refractivity contribution >= 4 is 11.7 Å². The zero-order valence-electron chi connectivity index (χ0n) is 14.5. The van der Waals surface area contributed by atoms with Gasteiger partial charge in [0.2, 0.25) is 5.91 Å². The molecule has 2 heterocycles. The van der Waals surface area contributed by atoms with E-state index in [1.165, 1.54) is 6.33 Å². The van der Waals surface area contributed by atoms with Gasteiger partial charge in [0.25, 0.3) is 0 Å². The second-order valence-corrected chi connectivity index (χ2v) is 5.88. The van der Waals surface area contributed by atoms with E-state index < -0.39 is 0 Å². The van der Waals surface area contributed by atoms with E-state index in [-0.39, 0.29) is 18.5 Å². The highest BCUT2D eigenvalue weighted by Crippen LogP contribution is 2.15. The lowest BCUT2D eigenvalue weighted by Crippen LogP contribution is -2.30. The van der Waals surface area contributed by atoms with Crippen molar-refractivity contribution in [3.05, 3.63) is 54.2 Å². The minimum absolute atomic E-state index is 0.0452. The third-order valence-electron chi connectivity index (χ3n) is 3.91. The molecule has 0 bridgehead atoms. The Morgan fingerprint density at radius 3 is 2.64 bits per heavy atom. The molecule has 0 radical (unpaired) electrons. The minimum atomic E-state index is -0.103. The summed E-state index contributed by atoms with van der Waals surface area (Å²) < 4.78 is 3.35. The maximum atomic E-state index is 12.1. The smallest absolute Gasteiger partial charge is 0.239 e. The molecule has 0 spiro atoms. The number of amides is 1. The first-order chi connectivity index (χ1) is 12.0. The van der Waals surface area contributed by atoms with Crippen molar-refractivity contribution < 1.29 is 4.79 Å². The van der Waals surface area contributed by atoms with E-state index >= 15 is 0 Å². The van der Waals surface area contributed by atoms with Crippen molar-refractivity contribution in [2.24, 2.45) is 7.05 Å². The number of nitrogens with zero attached hydrogens (tertiary/aromatic N) is 5. The highest BCUT2D eigenvalue weighted by atomic mass is 16.2. The summed E-state index contributed by atoms with van der Waals surface area (Å²) in [5.74, 6) is 0.586. The van der Waals surface area contributed by atoms with Gasteiger partial charge >= 0.3 is 0 Å². The van der Waals surface area contributed by atoms with Crippen molar-refractivity contribution in [1.82, 2.24) is 29.9 Å². The van der Waals surface area contributed by atoms with Crippen LogP contribution in [0.1, 0.15) is 24.2 Å². The molecule has 1 atom stereocenters. The SMILES string of the molecule is Cc1cc(NC(=O)CNC(C)c2ccc(-n3cncn3)cc2)n(C)n1. The number of hydrogen-bond donors (Lipinski definition) is 2. The van der Waals surface area contributed by atoms with Crippen molar-refractivity contribution in [2.75, 3.05) is 11.9 Å². The molecule has 0 fully saturated rings. The van der Waals surface area contributed by atoms with E-state index in [0.717, 1.165) is 16.9 Å². The molecule has 1 unspecified atom stereocenters. The van der Waals surface area contributed by atoms with Crippen LogP contribution in [0.15, 0.2) is 43.0 Å². The molecular formula is C17H21N7O. The Bertz CT molecular complexity index is 837. The van der Waals surface area contributed by atoms with Crippen molar-refractivity contribution in [1.29, 1.82) is 0 Å². The summed E-state index contributed by atoms with van der Waals surface area (Å²) >= 11 is 0. The van der Waals surface area contributed by atoms with E-state index in [2.05, 4.69) is 25.8 Å².